The molecule has 154 valence electrons. The number of pyridine rings is 2. The van der Waals surface area contributed by atoms with Crippen molar-refractivity contribution >= 4 is 34.2 Å². The zero-order valence-electron chi connectivity index (χ0n) is 16.6. The third-order valence-corrected chi connectivity index (χ3v) is 4.41. The van der Waals surface area contributed by atoms with Crippen molar-refractivity contribution in [1.82, 2.24) is 15.3 Å². The van der Waals surface area contributed by atoms with Crippen LogP contribution in [0.25, 0.3) is 10.8 Å². The molecule has 0 aliphatic rings. The Labute approximate surface area is 178 Å². The van der Waals surface area contributed by atoms with Crippen LogP contribution in [-0.4, -0.2) is 29.0 Å². The number of rotatable bonds is 5. The Bertz CT molecular complexity index is 1240. The number of benzene rings is 2. The van der Waals surface area contributed by atoms with Crippen LogP contribution >= 0.6 is 0 Å². The lowest BCUT2D eigenvalue weighted by Gasteiger charge is -2.10. The first-order valence-corrected chi connectivity index (χ1v) is 9.49. The number of nitrogens with one attached hydrogen (secondary N) is 3. The Morgan fingerprint density at radius 1 is 0.839 bits per heavy atom. The van der Waals surface area contributed by atoms with Crippen molar-refractivity contribution in [1.29, 1.82) is 0 Å². The number of hydrogen-bond donors (Lipinski definition) is 3. The molecule has 0 aliphatic heterocycles. The van der Waals surface area contributed by atoms with Crippen LogP contribution in [0, 0.1) is 0 Å². The first-order valence-electron chi connectivity index (χ1n) is 9.49. The average molecular weight is 413 g/mol. The second-order valence-corrected chi connectivity index (χ2v) is 6.58. The number of anilines is 2. The minimum atomic E-state index is -0.402. The van der Waals surface area contributed by atoms with E-state index in [9.17, 15) is 9.59 Å². The van der Waals surface area contributed by atoms with Gasteiger partial charge in [-0.25, -0.2) is 9.78 Å². The first kappa shape index (κ1) is 19.8. The lowest BCUT2D eigenvalue weighted by molar-refractivity contribution is 0.0958. The number of amides is 3. The molecule has 0 saturated heterocycles. The summed E-state index contributed by atoms with van der Waals surface area (Å²) < 4.78 is 5.75. The van der Waals surface area contributed by atoms with Gasteiger partial charge in [0.15, 0.2) is 0 Å². The zero-order valence-corrected chi connectivity index (χ0v) is 16.6. The predicted octanol–water partition coefficient (Wildman–Crippen LogP) is 4.43. The van der Waals surface area contributed by atoms with Crippen molar-refractivity contribution in [3.05, 3.63) is 84.8 Å². The molecular weight excluding hydrogens is 394 g/mol. The molecule has 2 heterocycles. The van der Waals surface area contributed by atoms with Crippen molar-refractivity contribution in [2.45, 2.75) is 0 Å². The van der Waals surface area contributed by atoms with E-state index < -0.39 is 6.03 Å². The van der Waals surface area contributed by atoms with Crippen LogP contribution in [-0.2, 0) is 0 Å². The molecule has 8 nitrogen and oxygen atoms in total. The van der Waals surface area contributed by atoms with Crippen molar-refractivity contribution in [3.8, 4) is 11.5 Å². The molecule has 0 radical (unpaired) electrons. The van der Waals surface area contributed by atoms with E-state index in [4.69, 9.17) is 4.74 Å². The highest BCUT2D eigenvalue weighted by Crippen LogP contribution is 2.23. The molecule has 0 aliphatic carbocycles. The molecule has 0 spiro atoms. The Kier molecular flexibility index (Phi) is 5.70. The molecule has 4 aromatic rings. The quantitative estimate of drug-likeness (QED) is 0.449. The fraction of sp³-hybridized carbons (Fsp3) is 0.0435. The Morgan fingerprint density at radius 3 is 2.39 bits per heavy atom. The van der Waals surface area contributed by atoms with Gasteiger partial charge in [-0.3, -0.25) is 15.1 Å². The largest absolute Gasteiger partial charge is 0.457 e. The van der Waals surface area contributed by atoms with Crippen molar-refractivity contribution in [2.24, 2.45) is 0 Å². The van der Waals surface area contributed by atoms with E-state index in [1.54, 1.807) is 42.6 Å². The van der Waals surface area contributed by atoms with Gasteiger partial charge in [-0.2, -0.15) is 0 Å². The highest BCUT2D eigenvalue weighted by atomic mass is 16.5. The first-order chi connectivity index (χ1) is 15.1. The Morgan fingerprint density at radius 2 is 1.61 bits per heavy atom. The van der Waals surface area contributed by atoms with E-state index in [1.165, 1.54) is 13.2 Å². The second kappa shape index (κ2) is 8.91. The summed E-state index contributed by atoms with van der Waals surface area (Å²) in [6.45, 7) is 0. The number of urea groups is 1. The fourth-order valence-electron chi connectivity index (χ4n) is 2.90. The van der Waals surface area contributed by atoms with Crippen LogP contribution in [0.5, 0.6) is 11.5 Å². The van der Waals surface area contributed by atoms with Gasteiger partial charge in [0.05, 0.1) is 0 Å². The summed E-state index contributed by atoms with van der Waals surface area (Å²) in [6, 6.07) is 19.3. The minimum Gasteiger partial charge on any atom is -0.457 e. The number of fused-ring (bicyclic) bond motifs is 1. The highest BCUT2D eigenvalue weighted by Gasteiger charge is 2.08. The van der Waals surface area contributed by atoms with E-state index in [1.807, 2.05) is 30.3 Å². The summed E-state index contributed by atoms with van der Waals surface area (Å²) in [5.74, 6) is 1.20. The highest BCUT2D eigenvalue weighted by molar-refractivity contribution is 6.00. The molecule has 31 heavy (non-hydrogen) atoms. The normalized spacial score (nSPS) is 10.4. The lowest BCUT2D eigenvalue weighted by Crippen LogP contribution is -2.20. The number of ether oxygens (including phenoxy) is 1. The number of carbonyl (C=O) groups is 2. The second-order valence-electron chi connectivity index (χ2n) is 6.58. The van der Waals surface area contributed by atoms with Crippen molar-refractivity contribution in [2.75, 3.05) is 17.7 Å². The fourth-order valence-corrected chi connectivity index (χ4v) is 2.90. The molecule has 3 N–H and O–H groups in total. The van der Waals surface area contributed by atoms with Crippen molar-refractivity contribution in [3.63, 3.8) is 0 Å². The molecular formula is C23H19N5O3. The van der Waals surface area contributed by atoms with E-state index in [-0.39, 0.29) is 11.6 Å². The average Bonchev–Trinajstić information content (AvgIpc) is 2.80. The lowest BCUT2D eigenvalue weighted by atomic mass is 10.2. The summed E-state index contributed by atoms with van der Waals surface area (Å²) in [5.41, 5.74) is 0.851. The van der Waals surface area contributed by atoms with Gasteiger partial charge in [0.1, 0.15) is 23.0 Å². The van der Waals surface area contributed by atoms with Gasteiger partial charge in [-0.15, -0.1) is 0 Å². The number of nitrogens with zero attached hydrogens (tertiary/aromatic N) is 2. The Balaban J connectivity index is 1.37. The Hall–Kier alpha value is -4.46. The van der Waals surface area contributed by atoms with Crippen LogP contribution in [0.15, 0.2) is 79.1 Å². The molecule has 0 atom stereocenters. The van der Waals surface area contributed by atoms with Crippen LogP contribution in [0.2, 0.25) is 0 Å². The summed E-state index contributed by atoms with van der Waals surface area (Å²) >= 11 is 0. The molecule has 0 unspecified atom stereocenters. The van der Waals surface area contributed by atoms with Gasteiger partial charge in [0, 0.05) is 36.6 Å². The van der Waals surface area contributed by atoms with Crippen LogP contribution in [0.1, 0.15) is 10.5 Å². The van der Waals surface area contributed by atoms with E-state index in [0.717, 1.165) is 10.8 Å². The van der Waals surface area contributed by atoms with Crippen LogP contribution in [0.3, 0.4) is 0 Å². The van der Waals surface area contributed by atoms with Gasteiger partial charge < -0.3 is 15.4 Å². The maximum Gasteiger partial charge on any atom is 0.324 e. The maximum absolute atomic E-state index is 12.3. The van der Waals surface area contributed by atoms with E-state index in [0.29, 0.717) is 23.0 Å². The molecule has 0 bridgehead atoms. The summed E-state index contributed by atoms with van der Waals surface area (Å²) in [4.78, 5) is 32.2. The number of aromatic nitrogens is 2. The molecule has 2 aromatic heterocycles. The van der Waals surface area contributed by atoms with E-state index in [2.05, 4.69) is 25.9 Å². The number of carbonyl (C=O) groups excluding carboxylic acids is 2. The summed E-state index contributed by atoms with van der Waals surface area (Å²) in [6.07, 6.45) is 3.22. The topological polar surface area (TPSA) is 105 Å². The van der Waals surface area contributed by atoms with Gasteiger partial charge in [0.25, 0.3) is 5.91 Å². The minimum absolute atomic E-state index is 0.261. The maximum atomic E-state index is 12.3. The zero-order chi connectivity index (χ0) is 21.6. The molecule has 0 saturated carbocycles. The van der Waals surface area contributed by atoms with Gasteiger partial charge >= 0.3 is 6.03 Å². The van der Waals surface area contributed by atoms with Crippen LogP contribution in [0.4, 0.5) is 16.3 Å². The summed E-state index contributed by atoms with van der Waals surface area (Å²) in [7, 11) is 1.54. The predicted molar refractivity (Wildman–Crippen MR) is 119 cm³/mol. The standard InChI is InChI=1S/C23H19N5O3/c1-24-22(29)20-13-19(10-11-25-20)31-18-8-6-17(7-9-18)27-23(30)28-21-12-15-4-2-3-5-16(15)14-26-21/h2-14H,1H3,(H,24,29)(H2,26,27,28,30). The van der Waals surface area contributed by atoms with Gasteiger partial charge in [-0.1, -0.05) is 24.3 Å². The number of hydrogen-bond acceptors (Lipinski definition) is 5. The molecule has 4 rings (SSSR count). The van der Waals surface area contributed by atoms with E-state index >= 15 is 0 Å². The SMILES string of the molecule is CNC(=O)c1cc(Oc2ccc(NC(=O)Nc3cc4ccccc4cn3)cc2)ccn1. The monoisotopic (exact) mass is 413 g/mol. The molecule has 2 aromatic carbocycles. The molecule has 3 amide bonds. The van der Waals surface area contributed by atoms with Crippen molar-refractivity contribution < 1.29 is 14.3 Å². The third kappa shape index (κ3) is 4.94. The summed E-state index contributed by atoms with van der Waals surface area (Å²) in [5, 5.41) is 9.98. The molecule has 0 fully saturated rings. The van der Waals surface area contributed by atoms with Gasteiger partial charge in [-0.05, 0) is 41.8 Å². The van der Waals surface area contributed by atoms with Crippen LogP contribution < -0.4 is 20.7 Å². The third-order valence-electron chi connectivity index (χ3n) is 4.41. The smallest absolute Gasteiger partial charge is 0.324 e. The van der Waals surface area contributed by atoms with Gasteiger partial charge in [0.2, 0.25) is 0 Å². The molecule has 8 heteroatoms.